The van der Waals surface area contributed by atoms with Gasteiger partial charge in [0.25, 0.3) is 0 Å². The van der Waals surface area contributed by atoms with E-state index in [0.717, 1.165) is 6.08 Å². The Morgan fingerprint density at radius 2 is 1.83 bits per heavy atom. The van der Waals surface area contributed by atoms with Crippen LogP contribution in [0.2, 0.25) is 0 Å². The molecule has 0 N–H and O–H groups in total. The molecule has 0 heterocycles. The van der Waals surface area contributed by atoms with Crippen LogP contribution in [0.5, 0.6) is 0 Å². The summed E-state index contributed by atoms with van der Waals surface area (Å²) in [5, 5.41) is 0. The zero-order chi connectivity index (χ0) is 3.41. The fraction of sp³-hybridized carbons (Fsp3) is 0. The Kier molecular flexibility index (Phi) is 44.4. The standard InChI is InChI=1S/C3H3O.2Au/c1-2-3-4;;/h2H,1H2;;/q-1;;+1. The number of hydrogen-bond donors (Lipinski definition) is 0. The van der Waals surface area contributed by atoms with Crippen molar-refractivity contribution >= 4 is 6.29 Å². The maximum Gasteiger partial charge on any atom is 1.00 e. The minimum absolute atomic E-state index is 0. The summed E-state index contributed by atoms with van der Waals surface area (Å²) in [6.07, 6.45) is 2.51. The van der Waals surface area contributed by atoms with Crippen molar-refractivity contribution in [3.05, 3.63) is 12.7 Å². The molecule has 0 aliphatic rings. The predicted octanol–water partition coefficient (Wildman–Crippen LogP) is 0.277. The molecule has 0 aliphatic carbocycles. The second-order valence-electron chi connectivity index (χ2n) is 0.322. The minimum Gasteiger partial charge on any atom is -0.419 e. The van der Waals surface area contributed by atoms with Crippen LogP contribution in [0.15, 0.2) is 12.7 Å². The Hall–Kier alpha value is 0.891. The third-order valence-corrected chi connectivity index (χ3v) is 0.0833. The molecule has 0 bridgehead atoms. The first kappa shape index (κ1) is 15.8. The first-order chi connectivity index (χ1) is 1.91. The summed E-state index contributed by atoms with van der Waals surface area (Å²) < 4.78 is 0. The Morgan fingerprint density at radius 1 is 1.67 bits per heavy atom. The molecule has 0 aromatic carbocycles. The molecule has 0 aliphatic heterocycles. The molecule has 0 saturated heterocycles. The summed E-state index contributed by atoms with van der Waals surface area (Å²) in [6, 6.07) is 0. The largest absolute Gasteiger partial charge is 1.00 e. The Labute approximate surface area is 68.2 Å². The third kappa shape index (κ3) is 20.7. The van der Waals surface area contributed by atoms with Crippen molar-refractivity contribution in [1.29, 1.82) is 0 Å². The van der Waals surface area contributed by atoms with Gasteiger partial charge in [-0.2, -0.15) is 0 Å². The average molecular weight is 449 g/mol. The van der Waals surface area contributed by atoms with E-state index >= 15 is 0 Å². The molecule has 1 radical (unpaired) electrons. The van der Waals surface area contributed by atoms with Crippen molar-refractivity contribution in [3.63, 3.8) is 0 Å². The number of rotatable bonds is 1. The predicted molar refractivity (Wildman–Crippen MR) is 15.9 cm³/mol. The van der Waals surface area contributed by atoms with Gasteiger partial charge in [0.05, 0.1) is 0 Å². The van der Waals surface area contributed by atoms with E-state index in [1.54, 1.807) is 0 Å². The Morgan fingerprint density at radius 3 is 1.83 bits per heavy atom. The zero-order valence-corrected chi connectivity index (χ0v) is 7.13. The first-order valence-electron chi connectivity index (χ1n) is 0.901. The van der Waals surface area contributed by atoms with Gasteiger partial charge in [0.1, 0.15) is 0 Å². The molecule has 0 unspecified atom stereocenters. The van der Waals surface area contributed by atoms with Gasteiger partial charge in [-0.15, -0.1) is 0 Å². The van der Waals surface area contributed by atoms with Gasteiger partial charge >= 0.3 is 22.4 Å². The molecule has 3 heteroatoms. The Bertz CT molecular complexity index is 29.8. The Balaban J connectivity index is -0.0000000450. The van der Waals surface area contributed by atoms with Crippen LogP contribution in [-0.2, 0) is 49.6 Å². The summed E-state index contributed by atoms with van der Waals surface area (Å²) in [4.78, 5) is 8.93. The molecule has 6 heavy (non-hydrogen) atoms. The van der Waals surface area contributed by atoms with Crippen LogP contribution in [0.25, 0.3) is 0 Å². The fourth-order valence-electron chi connectivity index (χ4n) is 0. The van der Waals surface area contributed by atoms with Gasteiger partial charge in [0.2, 0.25) is 0 Å². The maximum atomic E-state index is 8.93. The van der Waals surface area contributed by atoms with Crippen molar-refractivity contribution in [3.8, 4) is 0 Å². The van der Waals surface area contributed by atoms with E-state index in [9.17, 15) is 0 Å². The van der Waals surface area contributed by atoms with E-state index in [1.807, 2.05) is 0 Å². The molecule has 0 fully saturated rings. The summed E-state index contributed by atoms with van der Waals surface area (Å²) in [5.41, 5.74) is 0. The summed E-state index contributed by atoms with van der Waals surface area (Å²) in [7, 11) is 0. The molecule has 43 valence electrons. The number of allylic oxidation sites excluding steroid dienone is 1. The van der Waals surface area contributed by atoms with E-state index in [2.05, 4.69) is 6.58 Å². The quantitative estimate of drug-likeness (QED) is 0.320. The summed E-state index contributed by atoms with van der Waals surface area (Å²) >= 11 is 0. The van der Waals surface area contributed by atoms with Gasteiger partial charge in [-0.1, -0.05) is 0 Å². The van der Waals surface area contributed by atoms with E-state index in [0.29, 0.717) is 0 Å². The van der Waals surface area contributed by atoms with E-state index in [-0.39, 0.29) is 44.8 Å². The molecular formula is C3H3Au2O. The molecule has 0 atom stereocenters. The van der Waals surface area contributed by atoms with Crippen LogP contribution >= 0.6 is 0 Å². The van der Waals surface area contributed by atoms with Crippen LogP contribution in [0.4, 0.5) is 0 Å². The van der Waals surface area contributed by atoms with Crippen LogP contribution in [-0.4, -0.2) is 6.29 Å². The monoisotopic (exact) mass is 449 g/mol. The van der Waals surface area contributed by atoms with Crippen molar-refractivity contribution in [1.82, 2.24) is 0 Å². The fourth-order valence-corrected chi connectivity index (χ4v) is 0. The van der Waals surface area contributed by atoms with Crippen LogP contribution in [0.3, 0.4) is 0 Å². The maximum absolute atomic E-state index is 8.93. The van der Waals surface area contributed by atoms with Crippen molar-refractivity contribution in [2.24, 2.45) is 0 Å². The zero-order valence-electron chi connectivity index (χ0n) is 2.80. The molecular weight excluding hydrogens is 446 g/mol. The van der Waals surface area contributed by atoms with Gasteiger partial charge < -0.3 is 4.79 Å². The molecule has 0 aromatic heterocycles. The second-order valence-corrected chi connectivity index (χ2v) is 0.322. The van der Waals surface area contributed by atoms with Crippen molar-refractivity contribution < 1.29 is 49.6 Å². The van der Waals surface area contributed by atoms with Crippen LogP contribution in [0.1, 0.15) is 0 Å². The summed E-state index contributed by atoms with van der Waals surface area (Å²) in [6.45, 7) is 3.06. The summed E-state index contributed by atoms with van der Waals surface area (Å²) in [5.74, 6) is 0. The smallest absolute Gasteiger partial charge is 0.419 e. The first-order valence-corrected chi connectivity index (χ1v) is 0.901. The third-order valence-electron chi connectivity index (χ3n) is 0.0833. The molecule has 0 aromatic rings. The minimum atomic E-state index is 0. The topological polar surface area (TPSA) is 17.1 Å². The van der Waals surface area contributed by atoms with Crippen molar-refractivity contribution in [2.45, 2.75) is 0 Å². The number of carbonyl (C=O) groups excluding carboxylic acids is 1. The van der Waals surface area contributed by atoms with Gasteiger partial charge in [-0.05, 0) is 6.29 Å². The van der Waals surface area contributed by atoms with E-state index in [4.69, 9.17) is 4.79 Å². The molecule has 1 nitrogen and oxygen atoms in total. The molecule has 0 spiro atoms. The number of hydrogen-bond acceptors (Lipinski definition) is 1. The molecule has 0 amide bonds. The van der Waals surface area contributed by atoms with Gasteiger partial charge in [0.15, 0.2) is 0 Å². The molecule has 0 rings (SSSR count). The average Bonchev–Trinajstić information content (AvgIpc) is 1.37. The van der Waals surface area contributed by atoms with E-state index < -0.39 is 0 Å². The van der Waals surface area contributed by atoms with Gasteiger partial charge in [-0.3, -0.25) is 0 Å². The SMILES string of the molecule is C=C[C-]=O.[Au+].[Au]. The van der Waals surface area contributed by atoms with Gasteiger partial charge in [-0.25, -0.2) is 12.7 Å². The van der Waals surface area contributed by atoms with Crippen molar-refractivity contribution in [2.75, 3.05) is 0 Å². The van der Waals surface area contributed by atoms with E-state index in [1.165, 1.54) is 6.29 Å². The van der Waals surface area contributed by atoms with Crippen LogP contribution < -0.4 is 0 Å². The second kappa shape index (κ2) is 16.9. The van der Waals surface area contributed by atoms with Gasteiger partial charge in [0, 0.05) is 22.4 Å². The van der Waals surface area contributed by atoms with Crippen LogP contribution in [0, 0.1) is 0 Å². The normalized spacial score (nSPS) is 3.33. The molecule has 0 saturated carbocycles.